The molecular weight excluding hydrogens is 326 g/mol. The van der Waals surface area contributed by atoms with E-state index < -0.39 is 9.84 Å². The van der Waals surface area contributed by atoms with Crippen LogP contribution in [-0.2, 0) is 9.84 Å². The number of carbonyl (C=O) groups excluding carboxylic acids is 1. The monoisotopic (exact) mass is 347 g/mol. The third-order valence-corrected chi connectivity index (χ3v) is 5.85. The third kappa shape index (κ3) is 4.10. The molecule has 6 nitrogen and oxygen atoms in total. The lowest BCUT2D eigenvalue weighted by Gasteiger charge is -2.26. The van der Waals surface area contributed by atoms with Crippen molar-refractivity contribution in [2.24, 2.45) is 0 Å². The van der Waals surface area contributed by atoms with Gasteiger partial charge in [0.25, 0.3) is 5.91 Å². The number of aryl methyl sites for hydroxylation is 1. The zero-order chi connectivity index (χ0) is 17.2. The van der Waals surface area contributed by atoms with Crippen molar-refractivity contribution < 1.29 is 13.2 Å². The van der Waals surface area contributed by atoms with Crippen LogP contribution in [0.5, 0.6) is 0 Å². The van der Waals surface area contributed by atoms with E-state index in [0.29, 0.717) is 31.7 Å². The van der Waals surface area contributed by atoms with Gasteiger partial charge in [-0.25, -0.2) is 8.42 Å². The second kappa shape index (κ2) is 6.86. The minimum absolute atomic E-state index is 0.123. The number of benzene rings is 1. The van der Waals surface area contributed by atoms with Crippen molar-refractivity contribution in [1.82, 2.24) is 15.2 Å². The first kappa shape index (κ1) is 16.9. The Morgan fingerprint density at radius 2 is 1.96 bits per heavy atom. The van der Waals surface area contributed by atoms with Gasteiger partial charge in [-0.1, -0.05) is 6.07 Å². The molecular formula is C17H21N3O3S. The van der Waals surface area contributed by atoms with Crippen molar-refractivity contribution in [3.8, 4) is 0 Å². The number of sulfone groups is 1. The Balaban J connectivity index is 1.54. The number of pyridine rings is 1. The number of rotatable bonds is 4. The van der Waals surface area contributed by atoms with Gasteiger partial charge in [-0.15, -0.1) is 0 Å². The van der Waals surface area contributed by atoms with Gasteiger partial charge < -0.3 is 5.32 Å². The molecule has 2 heterocycles. The molecule has 24 heavy (non-hydrogen) atoms. The molecule has 0 atom stereocenters. The van der Waals surface area contributed by atoms with Crippen molar-refractivity contribution in [3.63, 3.8) is 0 Å². The van der Waals surface area contributed by atoms with Crippen molar-refractivity contribution in [3.05, 3.63) is 41.6 Å². The molecule has 0 spiro atoms. The highest BCUT2D eigenvalue weighted by Crippen LogP contribution is 2.14. The number of fused-ring (bicyclic) bond motifs is 1. The van der Waals surface area contributed by atoms with E-state index in [1.165, 1.54) is 0 Å². The van der Waals surface area contributed by atoms with Gasteiger partial charge in [0, 0.05) is 42.8 Å². The fraction of sp³-hybridized carbons (Fsp3) is 0.412. The first-order chi connectivity index (χ1) is 11.4. The van der Waals surface area contributed by atoms with Crippen LogP contribution in [0, 0.1) is 6.92 Å². The zero-order valence-electron chi connectivity index (χ0n) is 13.7. The first-order valence-corrected chi connectivity index (χ1v) is 9.83. The van der Waals surface area contributed by atoms with Crippen LogP contribution in [0.4, 0.5) is 0 Å². The summed E-state index contributed by atoms with van der Waals surface area (Å²) in [6, 6.07) is 9.35. The molecule has 1 aliphatic heterocycles. The largest absolute Gasteiger partial charge is 0.351 e. The van der Waals surface area contributed by atoms with E-state index in [1.807, 2.05) is 31.2 Å². The van der Waals surface area contributed by atoms with Crippen LogP contribution in [0.1, 0.15) is 16.1 Å². The highest BCUT2D eigenvalue weighted by Gasteiger charge is 2.21. The van der Waals surface area contributed by atoms with Gasteiger partial charge in [-0.05, 0) is 31.2 Å². The number of carbonyl (C=O) groups is 1. The summed E-state index contributed by atoms with van der Waals surface area (Å²) in [6.45, 7) is 4.18. The van der Waals surface area contributed by atoms with Gasteiger partial charge in [0.05, 0.1) is 17.0 Å². The average Bonchev–Trinajstić information content (AvgIpc) is 2.55. The normalized spacial score (nSPS) is 17.7. The maximum Gasteiger partial charge on any atom is 0.251 e. The predicted octanol–water partition coefficient (Wildman–Crippen LogP) is 1.00. The molecule has 1 aliphatic rings. The topological polar surface area (TPSA) is 79.4 Å². The Hall–Kier alpha value is -1.99. The Bertz CT molecular complexity index is 851. The van der Waals surface area contributed by atoms with E-state index in [1.54, 1.807) is 6.07 Å². The smallest absolute Gasteiger partial charge is 0.251 e. The summed E-state index contributed by atoms with van der Waals surface area (Å²) in [5.74, 6) is 0.290. The van der Waals surface area contributed by atoms with Crippen LogP contribution in [0.15, 0.2) is 30.3 Å². The second-order valence-corrected chi connectivity index (χ2v) is 8.41. The Morgan fingerprint density at radius 3 is 2.71 bits per heavy atom. The standard InChI is InChI=1S/C17H21N3O3S/c1-13-2-3-14-12-15(4-5-16(14)19-13)17(21)18-6-7-20-8-10-24(22,23)11-9-20/h2-5,12H,6-11H2,1H3,(H,18,21). The number of aromatic nitrogens is 1. The van der Waals surface area contributed by atoms with Gasteiger partial charge in [0.15, 0.2) is 9.84 Å². The van der Waals surface area contributed by atoms with E-state index >= 15 is 0 Å². The molecule has 1 N–H and O–H groups in total. The highest BCUT2D eigenvalue weighted by atomic mass is 32.2. The average molecular weight is 347 g/mol. The van der Waals surface area contributed by atoms with Crippen LogP contribution >= 0.6 is 0 Å². The number of amides is 1. The Kier molecular flexibility index (Phi) is 4.82. The molecule has 1 saturated heterocycles. The van der Waals surface area contributed by atoms with Crippen LogP contribution in [0.2, 0.25) is 0 Å². The van der Waals surface area contributed by atoms with Gasteiger partial charge in [0.1, 0.15) is 0 Å². The fourth-order valence-corrected chi connectivity index (χ4v) is 4.05. The summed E-state index contributed by atoms with van der Waals surface area (Å²) in [5.41, 5.74) is 2.43. The second-order valence-electron chi connectivity index (χ2n) is 6.11. The summed E-state index contributed by atoms with van der Waals surface area (Å²) in [5, 5.41) is 3.83. The minimum Gasteiger partial charge on any atom is -0.351 e. The molecule has 1 aromatic heterocycles. The van der Waals surface area contributed by atoms with Crippen molar-refractivity contribution in [1.29, 1.82) is 0 Å². The number of nitrogens with zero attached hydrogens (tertiary/aromatic N) is 2. The van der Waals surface area contributed by atoms with Gasteiger partial charge in [0.2, 0.25) is 0 Å². The molecule has 1 fully saturated rings. The molecule has 2 aromatic rings. The summed E-state index contributed by atoms with van der Waals surface area (Å²) >= 11 is 0. The molecule has 0 unspecified atom stereocenters. The summed E-state index contributed by atoms with van der Waals surface area (Å²) in [7, 11) is -2.86. The minimum atomic E-state index is -2.86. The number of hydrogen-bond acceptors (Lipinski definition) is 5. The van der Waals surface area contributed by atoms with Gasteiger partial charge in [-0.2, -0.15) is 0 Å². The SMILES string of the molecule is Cc1ccc2cc(C(=O)NCCN3CCS(=O)(=O)CC3)ccc2n1. The van der Waals surface area contributed by atoms with Crippen molar-refractivity contribution in [2.75, 3.05) is 37.7 Å². The third-order valence-electron chi connectivity index (χ3n) is 4.24. The summed E-state index contributed by atoms with van der Waals surface area (Å²) in [6.07, 6.45) is 0. The van der Waals surface area contributed by atoms with E-state index in [2.05, 4.69) is 15.2 Å². The van der Waals surface area contributed by atoms with Gasteiger partial charge >= 0.3 is 0 Å². The molecule has 0 aliphatic carbocycles. The van der Waals surface area contributed by atoms with Crippen LogP contribution in [-0.4, -0.2) is 61.9 Å². The van der Waals surface area contributed by atoms with E-state index in [0.717, 1.165) is 16.6 Å². The lowest BCUT2D eigenvalue weighted by molar-refractivity contribution is 0.0949. The van der Waals surface area contributed by atoms with Gasteiger partial charge in [-0.3, -0.25) is 14.7 Å². The maximum atomic E-state index is 12.3. The lowest BCUT2D eigenvalue weighted by atomic mass is 10.1. The number of nitrogens with one attached hydrogen (secondary N) is 1. The molecule has 128 valence electrons. The summed E-state index contributed by atoms with van der Waals surface area (Å²) in [4.78, 5) is 18.7. The van der Waals surface area contributed by atoms with Crippen LogP contribution < -0.4 is 5.32 Å². The van der Waals surface area contributed by atoms with E-state index in [4.69, 9.17) is 0 Å². The predicted molar refractivity (Wildman–Crippen MR) is 93.9 cm³/mol. The molecule has 0 saturated carbocycles. The highest BCUT2D eigenvalue weighted by molar-refractivity contribution is 7.91. The first-order valence-electron chi connectivity index (χ1n) is 8.01. The van der Waals surface area contributed by atoms with Crippen LogP contribution in [0.25, 0.3) is 10.9 Å². The van der Waals surface area contributed by atoms with Crippen molar-refractivity contribution >= 4 is 26.6 Å². The molecule has 0 radical (unpaired) electrons. The number of hydrogen-bond donors (Lipinski definition) is 1. The Morgan fingerprint density at radius 1 is 1.21 bits per heavy atom. The molecule has 1 aromatic carbocycles. The quantitative estimate of drug-likeness (QED) is 0.893. The van der Waals surface area contributed by atoms with E-state index in [9.17, 15) is 13.2 Å². The van der Waals surface area contributed by atoms with Crippen molar-refractivity contribution in [2.45, 2.75) is 6.92 Å². The molecule has 3 rings (SSSR count). The Labute approximate surface area is 141 Å². The molecule has 1 amide bonds. The van der Waals surface area contributed by atoms with Crippen LogP contribution in [0.3, 0.4) is 0 Å². The molecule has 7 heteroatoms. The summed E-state index contributed by atoms with van der Waals surface area (Å²) < 4.78 is 22.8. The lowest BCUT2D eigenvalue weighted by Crippen LogP contribution is -2.43. The maximum absolute atomic E-state index is 12.3. The molecule has 0 bridgehead atoms. The fourth-order valence-electron chi connectivity index (χ4n) is 2.77. The van der Waals surface area contributed by atoms with E-state index in [-0.39, 0.29) is 17.4 Å². The zero-order valence-corrected chi connectivity index (χ0v) is 14.5.